The molecule has 1 N–H and O–H groups in total. The van der Waals surface area contributed by atoms with Crippen LogP contribution >= 0.6 is 0 Å². The van der Waals surface area contributed by atoms with Gasteiger partial charge in [-0.3, -0.25) is 5.32 Å². The fourth-order valence-electron chi connectivity index (χ4n) is 3.05. The maximum Gasteiger partial charge on any atom is 0.412 e. The van der Waals surface area contributed by atoms with Crippen LogP contribution in [0, 0.1) is 0 Å². The van der Waals surface area contributed by atoms with Crippen LogP contribution in [-0.2, 0) is 31.8 Å². The highest BCUT2D eigenvalue weighted by atomic mass is 16.6. The van der Waals surface area contributed by atoms with Gasteiger partial charge in [-0.05, 0) is 70.0 Å². The van der Waals surface area contributed by atoms with E-state index in [2.05, 4.69) is 5.32 Å². The summed E-state index contributed by atoms with van der Waals surface area (Å²) in [4.78, 5) is 23.8. The van der Waals surface area contributed by atoms with Gasteiger partial charge in [0.25, 0.3) is 0 Å². The number of carbonyl (C=O) groups excluding carboxylic acids is 2. The molecule has 180 valence electrons. The Balaban J connectivity index is 1.80. The molecule has 7 heteroatoms. The van der Waals surface area contributed by atoms with Crippen LogP contribution < -0.4 is 10.1 Å². The molecule has 2 aromatic rings. The average molecular weight is 458 g/mol. The lowest BCUT2D eigenvalue weighted by atomic mass is 10.1. The van der Waals surface area contributed by atoms with Gasteiger partial charge in [0.1, 0.15) is 11.4 Å². The van der Waals surface area contributed by atoms with Gasteiger partial charge in [-0.15, -0.1) is 0 Å². The molecule has 2 aromatic carbocycles. The molecule has 7 nitrogen and oxygen atoms in total. The number of nitrogens with one attached hydrogen (secondary N) is 1. The van der Waals surface area contributed by atoms with Crippen LogP contribution in [0.2, 0.25) is 0 Å². The number of benzene rings is 2. The Morgan fingerprint density at radius 2 is 1.55 bits per heavy atom. The van der Waals surface area contributed by atoms with E-state index >= 15 is 0 Å². The standard InChI is InChI=1S/C26H35NO6/c1-6-30-23(24(28)31-7-2)18-20-10-14-22(15-11-20)32-17-16-19-8-12-21(13-9-19)27-25(29)33-26(3,4)5/h8-15,23H,6-7,16-18H2,1-5H3,(H,27,29)/t23-/m0/s1. The van der Waals surface area contributed by atoms with E-state index in [9.17, 15) is 9.59 Å². The SMILES string of the molecule is CCOC(=O)[C@H](Cc1ccc(OCCc2ccc(NC(=O)OC(C)(C)C)cc2)cc1)OCC. The van der Waals surface area contributed by atoms with Crippen molar-refractivity contribution in [2.75, 3.05) is 25.1 Å². The van der Waals surface area contributed by atoms with Gasteiger partial charge in [-0.25, -0.2) is 9.59 Å². The first-order valence-electron chi connectivity index (χ1n) is 11.3. The molecule has 0 radical (unpaired) electrons. The van der Waals surface area contributed by atoms with Crippen LogP contribution in [0.25, 0.3) is 0 Å². The summed E-state index contributed by atoms with van der Waals surface area (Å²) in [5.74, 6) is 0.415. The van der Waals surface area contributed by atoms with Gasteiger partial charge in [0.15, 0.2) is 6.10 Å². The highest BCUT2D eigenvalue weighted by molar-refractivity contribution is 5.84. The summed E-state index contributed by atoms with van der Waals surface area (Å²) in [6, 6.07) is 15.2. The highest BCUT2D eigenvalue weighted by Gasteiger charge is 2.20. The largest absolute Gasteiger partial charge is 0.493 e. The van der Waals surface area contributed by atoms with Crippen molar-refractivity contribution in [1.29, 1.82) is 0 Å². The summed E-state index contributed by atoms with van der Waals surface area (Å²) < 4.78 is 21.7. The van der Waals surface area contributed by atoms with E-state index in [0.29, 0.717) is 31.9 Å². The van der Waals surface area contributed by atoms with E-state index in [1.807, 2.05) is 76.2 Å². The van der Waals surface area contributed by atoms with Crippen LogP contribution in [0.5, 0.6) is 5.75 Å². The summed E-state index contributed by atoms with van der Waals surface area (Å²) in [5, 5.41) is 2.72. The van der Waals surface area contributed by atoms with Gasteiger partial charge < -0.3 is 18.9 Å². The maximum atomic E-state index is 12.0. The molecule has 0 aromatic heterocycles. The first-order valence-corrected chi connectivity index (χ1v) is 11.3. The van der Waals surface area contributed by atoms with E-state index in [-0.39, 0.29) is 5.97 Å². The summed E-state index contributed by atoms with van der Waals surface area (Å²) in [6.45, 7) is 10.4. The van der Waals surface area contributed by atoms with Crippen LogP contribution in [0.4, 0.5) is 10.5 Å². The summed E-state index contributed by atoms with van der Waals surface area (Å²) in [7, 11) is 0. The van der Waals surface area contributed by atoms with Crippen molar-refractivity contribution in [3.8, 4) is 5.75 Å². The molecular weight excluding hydrogens is 422 g/mol. The van der Waals surface area contributed by atoms with Crippen molar-refractivity contribution in [3.63, 3.8) is 0 Å². The number of ether oxygens (including phenoxy) is 4. The zero-order valence-corrected chi connectivity index (χ0v) is 20.2. The highest BCUT2D eigenvalue weighted by Crippen LogP contribution is 2.17. The number of anilines is 1. The summed E-state index contributed by atoms with van der Waals surface area (Å²) in [5.41, 5.74) is 2.21. The Hall–Kier alpha value is -3.06. The molecule has 0 aliphatic rings. The Labute approximate surface area is 196 Å². The summed E-state index contributed by atoms with van der Waals surface area (Å²) in [6.07, 6.45) is 0.103. The molecule has 0 bridgehead atoms. The Morgan fingerprint density at radius 3 is 2.12 bits per heavy atom. The predicted molar refractivity (Wildman–Crippen MR) is 128 cm³/mol. The number of carbonyl (C=O) groups is 2. The molecule has 0 heterocycles. The van der Waals surface area contributed by atoms with Crippen molar-refractivity contribution < 1.29 is 28.5 Å². The van der Waals surface area contributed by atoms with Crippen molar-refractivity contribution in [1.82, 2.24) is 0 Å². The van der Waals surface area contributed by atoms with E-state index in [0.717, 1.165) is 23.3 Å². The minimum absolute atomic E-state index is 0.332. The Kier molecular flexibility index (Phi) is 10.2. The maximum absolute atomic E-state index is 12.0. The Bertz CT molecular complexity index is 871. The minimum atomic E-state index is -0.602. The molecule has 33 heavy (non-hydrogen) atoms. The number of rotatable bonds is 11. The monoisotopic (exact) mass is 457 g/mol. The van der Waals surface area contributed by atoms with Crippen LogP contribution in [0.3, 0.4) is 0 Å². The third kappa shape index (κ3) is 9.95. The lowest BCUT2D eigenvalue weighted by Gasteiger charge is -2.19. The zero-order valence-electron chi connectivity index (χ0n) is 20.2. The summed E-state index contributed by atoms with van der Waals surface area (Å²) >= 11 is 0. The number of hydrogen-bond acceptors (Lipinski definition) is 6. The molecule has 0 spiro atoms. The quantitative estimate of drug-likeness (QED) is 0.469. The molecule has 0 aliphatic heterocycles. The van der Waals surface area contributed by atoms with Crippen LogP contribution in [-0.4, -0.2) is 43.6 Å². The van der Waals surface area contributed by atoms with Gasteiger partial charge >= 0.3 is 12.1 Å². The molecule has 0 aliphatic carbocycles. The lowest BCUT2D eigenvalue weighted by Crippen LogP contribution is -2.28. The first kappa shape index (κ1) is 26.2. The third-order valence-corrected chi connectivity index (χ3v) is 4.52. The van der Waals surface area contributed by atoms with Gasteiger partial charge in [0, 0.05) is 25.1 Å². The van der Waals surface area contributed by atoms with E-state index < -0.39 is 17.8 Å². The number of amides is 1. The van der Waals surface area contributed by atoms with Crippen LogP contribution in [0.15, 0.2) is 48.5 Å². The predicted octanol–water partition coefficient (Wildman–Crippen LogP) is 5.17. The van der Waals surface area contributed by atoms with Gasteiger partial charge in [-0.2, -0.15) is 0 Å². The van der Waals surface area contributed by atoms with Crippen molar-refractivity contribution in [2.24, 2.45) is 0 Å². The topological polar surface area (TPSA) is 83.1 Å². The number of hydrogen-bond donors (Lipinski definition) is 1. The van der Waals surface area contributed by atoms with Crippen molar-refractivity contribution in [2.45, 2.75) is 59.2 Å². The van der Waals surface area contributed by atoms with Gasteiger partial charge in [-0.1, -0.05) is 24.3 Å². The molecule has 0 unspecified atom stereocenters. The molecule has 2 rings (SSSR count). The first-order chi connectivity index (χ1) is 15.7. The average Bonchev–Trinajstić information content (AvgIpc) is 2.74. The smallest absolute Gasteiger partial charge is 0.412 e. The van der Waals surface area contributed by atoms with Crippen molar-refractivity contribution >= 4 is 17.7 Å². The van der Waals surface area contributed by atoms with E-state index in [1.54, 1.807) is 6.92 Å². The minimum Gasteiger partial charge on any atom is -0.493 e. The second-order valence-corrected chi connectivity index (χ2v) is 8.47. The second-order valence-electron chi connectivity index (χ2n) is 8.47. The fraction of sp³-hybridized carbons (Fsp3) is 0.462. The molecule has 1 amide bonds. The third-order valence-electron chi connectivity index (χ3n) is 4.52. The molecule has 0 saturated heterocycles. The molecule has 1 atom stereocenters. The number of esters is 1. The molecule has 0 fully saturated rings. The second kappa shape index (κ2) is 12.8. The van der Waals surface area contributed by atoms with Crippen LogP contribution in [0.1, 0.15) is 45.7 Å². The molecular formula is C26H35NO6. The normalized spacial score (nSPS) is 12.0. The van der Waals surface area contributed by atoms with E-state index in [4.69, 9.17) is 18.9 Å². The van der Waals surface area contributed by atoms with Gasteiger partial charge in [0.2, 0.25) is 0 Å². The van der Waals surface area contributed by atoms with Crippen molar-refractivity contribution in [3.05, 3.63) is 59.7 Å². The fourth-order valence-corrected chi connectivity index (χ4v) is 3.05. The lowest BCUT2D eigenvalue weighted by molar-refractivity contribution is -0.156. The van der Waals surface area contributed by atoms with Gasteiger partial charge in [0.05, 0.1) is 13.2 Å². The Morgan fingerprint density at radius 1 is 0.909 bits per heavy atom. The molecule has 0 saturated carbocycles. The van der Waals surface area contributed by atoms with E-state index in [1.165, 1.54) is 0 Å². The zero-order chi connectivity index (χ0) is 24.3.